The van der Waals surface area contributed by atoms with Crippen LogP contribution < -0.4 is 0 Å². The van der Waals surface area contributed by atoms with Crippen LogP contribution in [0, 0.1) is 0 Å². The third-order valence-electron chi connectivity index (χ3n) is 3.03. The monoisotopic (exact) mass is 270 g/mol. The van der Waals surface area contributed by atoms with E-state index in [4.69, 9.17) is 4.74 Å². The lowest BCUT2D eigenvalue weighted by atomic mass is 10.2. The largest absolute Gasteiger partial charge is 0.461 e. The first-order valence-electron chi connectivity index (χ1n) is 6.32. The highest BCUT2D eigenvalue weighted by Crippen LogP contribution is 2.20. The van der Waals surface area contributed by atoms with E-state index in [0.29, 0.717) is 17.9 Å². The molecule has 0 amide bonds. The van der Waals surface area contributed by atoms with Crippen LogP contribution >= 0.6 is 0 Å². The first kappa shape index (κ1) is 12.4. The van der Waals surface area contributed by atoms with Gasteiger partial charge in [-0.25, -0.2) is 9.78 Å². The molecular formula is C14H14N4O2. The topological polar surface area (TPSA) is 61.4 Å². The minimum absolute atomic E-state index is 0.342. The summed E-state index contributed by atoms with van der Waals surface area (Å²) >= 11 is 0. The summed E-state index contributed by atoms with van der Waals surface area (Å²) in [5.41, 5.74) is 3.08. The number of pyridine rings is 1. The molecule has 0 radical (unpaired) electrons. The van der Waals surface area contributed by atoms with Crippen LogP contribution in [0.15, 0.2) is 36.9 Å². The number of esters is 1. The summed E-state index contributed by atoms with van der Waals surface area (Å²) in [6.07, 6.45) is 7.09. The van der Waals surface area contributed by atoms with Gasteiger partial charge in [-0.1, -0.05) is 0 Å². The van der Waals surface area contributed by atoms with Crippen LogP contribution in [0.5, 0.6) is 0 Å². The van der Waals surface area contributed by atoms with Gasteiger partial charge in [0.05, 0.1) is 19.0 Å². The minimum atomic E-state index is -0.372. The van der Waals surface area contributed by atoms with Crippen molar-refractivity contribution in [2.24, 2.45) is 7.05 Å². The summed E-state index contributed by atoms with van der Waals surface area (Å²) in [4.78, 5) is 16.1. The van der Waals surface area contributed by atoms with Gasteiger partial charge in [0.15, 0.2) is 5.69 Å². The fraction of sp³-hybridized carbons (Fsp3) is 0.214. The fourth-order valence-electron chi connectivity index (χ4n) is 2.08. The van der Waals surface area contributed by atoms with E-state index in [1.807, 2.05) is 31.6 Å². The number of ether oxygens (including phenoxy) is 1. The zero-order valence-electron chi connectivity index (χ0n) is 11.3. The van der Waals surface area contributed by atoms with Gasteiger partial charge in [0.2, 0.25) is 0 Å². The number of aromatic nitrogens is 4. The van der Waals surface area contributed by atoms with Crippen LogP contribution in [0.4, 0.5) is 0 Å². The van der Waals surface area contributed by atoms with Crippen molar-refractivity contribution in [3.8, 4) is 11.1 Å². The van der Waals surface area contributed by atoms with Crippen LogP contribution in [-0.2, 0) is 11.8 Å². The third kappa shape index (κ3) is 2.05. The van der Waals surface area contributed by atoms with Gasteiger partial charge in [-0.2, -0.15) is 5.10 Å². The molecule has 102 valence electrons. The number of imidazole rings is 1. The van der Waals surface area contributed by atoms with Crippen molar-refractivity contribution in [1.29, 1.82) is 0 Å². The van der Waals surface area contributed by atoms with Crippen molar-refractivity contribution in [1.82, 2.24) is 19.2 Å². The van der Waals surface area contributed by atoms with Crippen LogP contribution in [0.3, 0.4) is 0 Å². The second-order valence-electron chi connectivity index (χ2n) is 4.41. The molecule has 0 N–H and O–H groups in total. The van der Waals surface area contributed by atoms with E-state index < -0.39 is 0 Å². The van der Waals surface area contributed by atoms with E-state index in [1.54, 1.807) is 22.2 Å². The number of rotatable bonds is 3. The number of hydrogen-bond donors (Lipinski definition) is 0. The minimum Gasteiger partial charge on any atom is -0.461 e. The molecule has 6 heteroatoms. The first-order chi connectivity index (χ1) is 9.69. The Hall–Kier alpha value is -2.63. The highest BCUT2D eigenvalue weighted by Gasteiger charge is 2.13. The second-order valence-corrected chi connectivity index (χ2v) is 4.41. The molecule has 0 bridgehead atoms. The molecule has 0 atom stereocenters. The van der Waals surface area contributed by atoms with Crippen molar-refractivity contribution >= 4 is 11.6 Å². The molecule has 3 heterocycles. The molecule has 0 aliphatic carbocycles. The van der Waals surface area contributed by atoms with Gasteiger partial charge >= 0.3 is 5.97 Å². The summed E-state index contributed by atoms with van der Waals surface area (Å²) < 4.78 is 8.50. The highest BCUT2D eigenvalue weighted by molar-refractivity contribution is 5.88. The van der Waals surface area contributed by atoms with E-state index in [-0.39, 0.29) is 5.97 Å². The maximum Gasteiger partial charge on any atom is 0.356 e. The van der Waals surface area contributed by atoms with E-state index in [9.17, 15) is 4.79 Å². The molecule has 0 aliphatic rings. The molecule has 20 heavy (non-hydrogen) atoms. The first-order valence-corrected chi connectivity index (χ1v) is 6.32. The lowest BCUT2D eigenvalue weighted by Gasteiger charge is -2.03. The normalized spacial score (nSPS) is 10.9. The van der Waals surface area contributed by atoms with Crippen LogP contribution in [0.1, 0.15) is 17.4 Å². The van der Waals surface area contributed by atoms with Crippen LogP contribution in [0.2, 0.25) is 0 Å². The average molecular weight is 270 g/mol. The van der Waals surface area contributed by atoms with Crippen molar-refractivity contribution in [3.05, 3.63) is 42.6 Å². The molecule has 3 aromatic rings. The molecule has 6 nitrogen and oxygen atoms in total. The third-order valence-corrected chi connectivity index (χ3v) is 3.03. The summed E-state index contributed by atoms with van der Waals surface area (Å²) in [6.45, 7) is 2.12. The van der Waals surface area contributed by atoms with Gasteiger partial charge < -0.3 is 4.74 Å². The summed E-state index contributed by atoms with van der Waals surface area (Å²) in [6, 6.07) is 3.82. The highest BCUT2D eigenvalue weighted by atomic mass is 16.5. The van der Waals surface area contributed by atoms with E-state index >= 15 is 0 Å². The van der Waals surface area contributed by atoms with Crippen molar-refractivity contribution in [2.75, 3.05) is 6.61 Å². The zero-order valence-corrected chi connectivity index (χ0v) is 11.3. The van der Waals surface area contributed by atoms with E-state index in [2.05, 4.69) is 10.1 Å². The van der Waals surface area contributed by atoms with E-state index in [1.165, 1.54) is 6.20 Å². The maximum atomic E-state index is 11.9. The Kier molecular flexibility index (Phi) is 2.98. The predicted molar refractivity (Wildman–Crippen MR) is 73.4 cm³/mol. The van der Waals surface area contributed by atoms with Gasteiger partial charge in [0.25, 0.3) is 0 Å². The number of carbonyl (C=O) groups excluding carboxylic acids is 1. The molecule has 0 fully saturated rings. The average Bonchev–Trinajstić information content (AvgIpc) is 3.04. The Morgan fingerprint density at radius 3 is 2.80 bits per heavy atom. The Balaban J connectivity index is 2.09. The molecule has 0 aromatic carbocycles. The number of hydrogen-bond acceptors (Lipinski definition) is 4. The zero-order chi connectivity index (χ0) is 14.1. The molecule has 0 saturated heterocycles. The molecule has 0 spiro atoms. The van der Waals surface area contributed by atoms with Crippen molar-refractivity contribution in [2.45, 2.75) is 6.92 Å². The molecular weight excluding hydrogens is 256 g/mol. The van der Waals surface area contributed by atoms with Crippen LogP contribution in [-0.4, -0.2) is 31.7 Å². The molecule has 0 unspecified atom stereocenters. The smallest absolute Gasteiger partial charge is 0.356 e. The van der Waals surface area contributed by atoms with Gasteiger partial charge in [0, 0.05) is 30.6 Å². The Morgan fingerprint density at radius 1 is 1.25 bits per heavy atom. The number of nitrogens with zero attached hydrogens (tertiary/aromatic N) is 4. The van der Waals surface area contributed by atoms with Crippen molar-refractivity contribution < 1.29 is 9.53 Å². The Bertz CT molecular complexity index is 772. The Morgan fingerprint density at radius 2 is 2.10 bits per heavy atom. The quantitative estimate of drug-likeness (QED) is 0.682. The molecule has 0 saturated carbocycles. The second kappa shape index (κ2) is 4.80. The van der Waals surface area contributed by atoms with E-state index in [0.717, 1.165) is 11.1 Å². The molecule has 3 rings (SSSR count). The maximum absolute atomic E-state index is 11.9. The van der Waals surface area contributed by atoms with Gasteiger partial charge in [0.1, 0.15) is 5.65 Å². The SMILES string of the molecule is CCOC(=O)c1cnc2ccc(-c3cnn(C)c3)cn12. The summed E-state index contributed by atoms with van der Waals surface area (Å²) in [5.74, 6) is -0.372. The lowest BCUT2D eigenvalue weighted by molar-refractivity contribution is 0.0518. The fourth-order valence-corrected chi connectivity index (χ4v) is 2.08. The van der Waals surface area contributed by atoms with Gasteiger partial charge in [-0.3, -0.25) is 9.08 Å². The Labute approximate surface area is 115 Å². The number of carbonyl (C=O) groups is 1. The van der Waals surface area contributed by atoms with Crippen molar-refractivity contribution in [3.63, 3.8) is 0 Å². The molecule has 0 aliphatic heterocycles. The predicted octanol–water partition coefficient (Wildman–Crippen LogP) is 1.91. The summed E-state index contributed by atoms with van der Waals surface area (Å²) in [7, 11) is 1.86. The van der Waals surface area contributed by atoms with Gasteiger partial charge in [-0.05, 0) is 19.1 Å². The van der Waals surface area contributed by atoms with Gasteiger partial charge in [-0.15, -0.1) is 0 Å². The standard InChI is InChI=1S/C14H14N4O2/c1-3-20-14(19)12-7-15-13-5-4-10(9-18(12)13)11-6-16-17(2)8-11/h4-9H,3H2,1-2H3. The number of aryl methyl sites for hydroxylation is 1. The number of fused-ring (bicyclic) bond motifs is 1. The lowest BCUT2D eigenvalue weighted by Crippen LogP contribution is -2.07. The molecule has 3 aromatic heterocycles. The van der Waals surface area contributed by atoms with Crippen LogP contribution in [0.25, 0.3) is 16.8 Å². The summed E-state index contributed by atoms with van der Waals surface area (Å²) in [5, 5.41) is 4.15.